The number of aromatic nitrogens is 2. The molecule has 0 radical (unpaired) electrons. The van der Waals surface area contributed by atoms with Crippen molar-refractivity contribution in [1.82, 2.24) is 15.5 Å². The quantitative estimate of drug-likeness (QED) is 0.835. The number of hydrogen-bond acceptors (Lipinski definition) is 6. The minimum absolute atomic E-state index is 0.375. The van der Waals surface area contributed by atoms with Crippen molar-refractivity contribution in [3.05, 3.63) is 11.7 Å². The fourth-order valence-corrected chi connectivity index (χ4v) is 4.23. The predicted molar refractivity (Wildman–Crippen MR) is 82.9 cm³/mol. The van der Waals surface area contributed by atoms with Gasteiger partial charge in [-0.1, -0.05) is 25.9 Å². The van der Waals surface area contributed by atoms with Crippen LogP contribution >= 0.6 is 23.5 Å². The molecule has 19 heavy (non-hydrogen) atoms. The maximum Gasteiger partial charge on any atom is 0.232 e. The van der Waals surface area contributed by atoms with Crippen molar-refractivity contribution in [3.63, 3.8) is 0 Å². The van der Waals surface area contributed by atoms with E-state index in [1.54, 1.807) is 0 Å². The van der Waals surface area contributed by atoms with Gasteiger partial charge in [-0.25, -0.2) is 0 Å². The van der Waals surface area contributed by atoms with E-state index >= 15 is 0 Å². The van der Waals surface area contributed by atoms with E-state index in [1.165, 1.54) is 6.42 Å². The van der Waals surface area contributed by atoms with Crippen LogP contribution in [0.15, 0.2) is 4.52 Å². The van der Waals surface area contributed by atoms with Crippen molar-refractivity contribution in [2.24, 2.45) is 0 Å². The van der Waals surface area contributed by atoms with Gasteiger partial charge in [0.05, 0.1) is 11.7 Å². The third-order valence-corrected chi connectivity index (χ3v) is 5.94. The summed E-state index contributed by atoms with van der Waals surface area (Å²) in [7, 11) is 0. The third kappa shape index (κ3) is 4.13. The van der Waals surface area contributed by atoms with Crippen LogP contribution < -0.4 is 5.32 Å². The summed E-state index contributed by atoms with van der Waals surface area (Å²) in [4.78, 5) is 4.58. The normalized spacial score (nSPS) is 24.8. The van der Waals surface area contributed by atoms with Crippen molar-refractivity contribution in [2.45, 2.75) is 50.2 Å². The lowest BCUT2D eigenvalue weighted by atomic mass is 10.0. The van der Waals surface area contributed by atoms with Crippen LogP contribution in [0.5, 0.6) is 0 Å². The van der Waals surface area contributed by atoms with Crippen molar-refractivity contribution < 1.29 is 4.52 Å². The van der Waals surface area contributed by atoms with Crippen LogP contribution in [-0.4, -0.2) is 39.5 Å². The van der Waals surface area contributed by atoms with Crippen molar-refractivity contribution in [3.8, 4) is 0 Å². The highest BCUT2D eigenvalue weighted by atomic mass is 32.2. The van der Waals surface area contributed by atoms with Crippen molar-refractivity contribution >= 4 is 23.5 Å². The molecule has 108 valence electrons. The molecule has 1 N–H and O–H groups in total. The number of rotatable bonds is 7. The number of nitrogens with one attached hydrogen (secondary N) is 1. The molecule has 0 bridgehead atoms. The van der Waals surface area contributed by atoms with Gasteiger partial charge in [-0.2, -0.15) is 28.5 Å². The van der Waals surface area contributed by atoms with E-state index in [0.717, 1.165) is 35.5 Å². The Morgan fingerprint density at radius 2 is 2.32 bits per heavy atom. The average Bonchev–Trinajstić information content (AvgIpc) is 3.04. The molecule has 0 aromatic carbocycles. The van der Waals surface area contributed by atoms with E-state index < -0.39 is 0 Å². The molecule has 1 aromatic rings. The van der Waals surface area contributed by atoms with Crippen LogP contribution in [0.3, 0.4) is 0 Å². The molecule has 1 saturated heterocycles. The molecular weight excluding hydrogens is 278 g/mol. The van der Waals surface area contributed by atoms with Gasteiger partial charge in [0.2, 0.25) is 5.89 Å². The zero-order valence-corrected chi connectivity index (χ0v) is 13.5. The fourth-order valence-electron chi connectivity index (χ4n) is 2.07. The second-order valence-corrected chi connectivity index (χ2v) is 7.39. The van der Waals surface area contributed by atoms with Crippen LogP contribution in [0, 0.1) is 0 Å². The molecule has 6 heteroatoms. The van der Waals surface area contributed by atoms with Crippen LogP contribution in [0.2, 0.25) is 0 Å². The summed E-state index contributed by atoms with van der Waals surface area (Å²) in [5.74, 6) is 5.10. The Labute approximate surface area is 123 Å². The third-order valence-electron chi connectivity index (χ3n) is 3.42. The SMILES string of the molecule is CCNC1CSCC1c1nc(CSC(C)CC)no1. The Balaban J connectivity index is 1.92. The highest BCUT2D eigenvalue weighted by molar-refractivity contribution is 7.99. The highest BCUT2D eigenvalue weighted by Crippen LogP contribution is 2.32. The number of thioether (sulfide) groups is 2. The van der Waals surface area contributed by atoms with Gasteiger partial charge in [-0.15, -0.1) is 0 Å². The first-order valence-electron chi connectivity index (χ1n) is 6.99. The first-order chi connectivity index (χ1) is 9.24. The molecule has 3 unspecified atom stereocenters. The monoisotopic (exact) mass is 301 g/mol. The Kier molecular flexibility index (Phi) is 6.04. The Hall–Kier alpha value is -0.200. The molecule has 1 aromatic heterocycles. The number of likely N-dealkylation sites (N-methyl/N-ethyl adjacent to an activating group) is 1. The van der Waals surface area contributed by atoms with Gasteiger partial charge in [-0.05, 0) is 13.0 Å². The van der Waals surface area contributed by atoms with Gasteiger partial charge in [0.15, 0.2) is 5.82 Å². The Bertz CT molecular complexity index is 386. The first-order valence-corrected chi connectivity index (χ1v) is 9.20. The lowest BCUT2D eigenvalue weighted by Crippen LogP contribution is -2.34. The van der Waals surface area contributed by atoms with E-state index in [2.05, 4.69) is 36.2 Å². The largest absolute Gasteiger partial charge is 0.339 e. The molecule has 0 spiro atoms. The van der Waals surface area contributed by atoms with Crippen LogP contribution in [0.4, 0.5) is 0 Å². The molecule has 4 nitrogen and oxygen atoms in total. The summed E-state index contributed by atoms with van der Waals surface area (Å²) in [6.07, 6.45) is 1.18. The van der Waals surface area contributed by atoms with Crippen LogP contribution in [0.1, 0.15) is 44.8 Å². The molecular formula is C13H23N3OS2. The molecule has 2 rings (SSSR count). The van der Waals surface area contributed by atoms with Crippen LogP contribution in [-0.2, 0) is 5.75 Å². The molecule has 0 aliphatic carbocycles. The smallest absolute Gasteiger partial charge is 0.232 e. The molecule has 2 heterocycles. The number of hydrogen-bond donors (Lipinski definition) is 1. The molecule has 0 amide bonds. The summed E-state index contributed by atoms with van der Waals surface area (Å²) < 4.78 is 5.46. The van der Waals surface area contributed by atoms with E-state index in [9.17, 15) is 0 Å². The average molecular weight is 301 g/mol. The molecule has 0 saturated carbocycles. The lowest BCUT2D eigenvalue weighted by molar-refractivity contribution is 0.338. The maximum absolute atomic E-state index is 5.46. The van der Waals surface area contributed by atoms with E-state index in [-0.39, 0.29) is 0 Å². The van der Waals surface area contributed by atoms with Gasteiger partial charge in [0.25, 0.3) is 0 Å². The highest BCUT2D eigenvalue weighted by Gasteiger charge is 2.32. The summed E-state index contributed by atoms with van der Waals surface area (Å²) in [6, 6.07) is 0.477. The topological polar surface area (TPSA) is 51.0 Å². The standard InChI is InChI=1S/C13H23N3OS2/c1-4-9(3)19-8-12-15-13(17-16-12)10-6-18-7-11(10)14-5-2/h9-11,14H,4-8H2,1-3H3. The minimum Gasteiger partial charge on any atom is -0.339 e. The molecule has 1 aliphatic rings. The fraction of sp³-hybridized carbons (Fsp3) is 0.846. The van der Waals surface area contributed by atoms with Gasteiger partial charge in [-0.3, -0.25) is 0 Å². The second kappa shape index (κ2) is 7.55. The summed E-state index contributed by atoms with van der Waals surface area (Å²) >= 11 is 3.85. The predicted octanol–water partition coefficient (Wildman–Crippen LogP) is 2.91. The lowest BCUT2D eigenvalue weighted by Gasteiger charge is -2.15. The zero-order chi connectivity index (χ0) is 13.7. The molecule has 3 atom stereocenters. The summed E-state index contributed by atoms with van der Waals surface area (Å²) in [5, 5.41) is 8.28. The van der Waals surface area contributed by atoms with E-state index in [1.807, 2.05) is 23.5 Å². The Morgan fingerprint density at radius 3 is 3.05 bits per heavy atom. The minimum atomic E-state index is 0.375. The number of nitrogens with zero attached hydrogens (tertiary/aromatic N) is 2. The van der Waals surface area contributed by atoms with Crippen molar-refractivity contribution in [1.29, 1.82) is 0 Å². The Morgan fingerprint density at radius 1 is 1.47 bits per heavy atom. The summed E-state index contributed by atoms with van der Waals surface area (Å²) in [5.41, 5.74) is 0. The van der Waals surface area contributed by atoms with E-state index in [0.29, 0.717) is 17.2 Å². The summed E-state index contributed by atoms with van der Waals surface area (Å²) in [6.45, 7) is 7.57. The van der Waals surface area contributed by atoms with Crippen LogP contribution in [0.25, 0.3) is 0 Å². The molecule has 1 fully saturated rings. The molecule has 1 aliphatic heterocycles. The van der Waals surface area contributed by atoms with Gasteiger partial charge in [0.1, 0.15) is 0 Å². The van der Waals surface area contributed by atoms with Crippen molar-refractivity contribution in [2.75, 3.05) is 18.1 Å². The van der Waals surface area contributed by atoms with E-state index in [4.69, 9.17) is 4.52 Å². The van der Waals surface area contributed by atoms with Gasteiger partial charge >= 0.3 is 0 Å². The zero-order valence-electron chi connectivity index (χ0n) is 11.9. The second-order valence-electron chi connectivity index (χ2n) is 4.89. The van der Waals surface area contributed by atoms with Gasteiger partial charge in [0, 0.05) is 22.8 Å². The maximum atomic E-state index is 5.46. The first kappa shape index (κ1) is 15.2. The van der Waals surface area contributed by atoms with Gasteiger partial charge < -0.3 is 9.84 Å².